The standard InChI is InChI=1S/C17H15N3O2S/c1-20(18-13-7-10-14-8-3-2-4-9-14)17-15-11-5-6-12-16(15)23(21,22)19-17/h2-13H,1H3/b10-7+,18-13?. The number of amidine groups is 1. The van der Waals surface area contributed by atoms with E-state index in [-0.39, 0.29) is 4.90 Å². The molecule has 6 heteroatoms. The zero-order chi connectivity index (χ0) is 16.3. The van der Waals surface area contributed by atoms with Gasteiger partial charge in [-0.1, -0.05) is 48.5 Å². The molecular formula is C17H15N3O2S. The molecule has 0 N–H and O–H groups in total. The van der Waals surface area contributed by atoms with Crippen molar-refractivity contribution in [2.24, 2.45) is 9.50 Å². The van der Waals surface area contributed by atoms with E-state index < -0.39 is 10.0 Å². The molecule has 5 nitrogen and oxygen atoms in total. The predicted molar refractivity (Wildman–Crippen MR) is 91.9 cm³/mol. The van der Waals surface area contributed by atoms with E-state index in [2.05, 4.69) is 9.50 Å². The molecule has 1 heterocycles. The normalized spacial score (nSPS) is 15.8. The Labute approximate surface area is 135 Å². The first-order valence-electron chi connectivity index (χ1n) is 7.02. The molecule has 1 aliphatic rings. The summed E-state index contributed by atoms with van der Waals surface area (Å²) in [5.41, 5.74) is 1.63. The highest BCUT2D eigenvalue weighted by atomic mass is 32.2. The topological polar surface area (TPSA) is 62.1 Å². The number of allylic oxidation sites excluding steroid dienone is 1. The monoisotopic (exact) mass is 325 g/mol. The second-order valence-corrected chi connectivity index (χ2v) is 6.52. The van der Waals surface area contributed by atoms with Crippen molar-refractivity contribution in [1.29, 1.82) is 0 Å². The molecule has 0 amide bonds. The SMILES string of the molecule is CN(N=C/C=C/c1ccccc1)C1=NS(=O)(=O)c2ccccc21. The van der Waals surface area contributed by atoms with E-state index >= 15 is 0 Å². The number of fused-ring (bicyclic) bond motifs is 1. The van der Waals surface area contributed by atoms with Gasteiger partial charge in [-0.3, -0.25) is 0 Å². The van der Waals surface area contributed by atoms with E-state index in [1.54, 1.807) is 43.6 Å². The van der Waals surface area contributed by atoms with E-state index in [0.717, 1.165) is 5.56 Å². The third-order valence-electron chi connectivity index (χ3n) is 3.33. The average molecular weight is 325 g/mol. The molecule has 0 radical (unpaired) electrons. The van der Waals surface area contributed by atoms with Gasteiger partial charge in [0.1, 0.15) is 4.90 Å². The van der Waals surface area contributed by atoms with Gasteiger partial charge in [-0.15, -0.1) is 4.40 Å². The van der Waals surface area contributed by atoms with E-state index in [1.165, 1.54) is 5.01 Å². The molecule has 0 unspecified atom stereocenters. The molecule has 1 aliphatic heterocycles. The van der Waals surface area contributed by atoms with Crippen LogP contribution in [0.4, 0.5) is 0 Å². The van der Waals surface area contributed by atoms with Crippen LogP contribution in [-0.4, -0.2) is 32.5 Å². The molecule has 23 heavy (non-hydrogen) atoms. The molecule has 0 spiro atoms. The van der Waals surface area contributed by atoms with Crippen LogP contribution in [0.2, 0.25) is 0 Å². The Balaban J connectivity index is 1.78. The van der Waals surface area contributed by atoms with Crippen molar-refractivity contribution in [3.63, 3.8) is 0 Å². The summed E-state index contributed by atoms with van der Waals surface area (Å²) < 4.78 is 27.8. The van der Waals surface area contributed by atoms with Crippen LogP contribution < -0.4 is 0 Å². The Morgan fingerprint density at radius 1 is 1.04 bits per heavy atom. The molecular weight excluding hydrogens is 310 g/mol. The Bertz CT molecular complexity index is 900. The quantitative estimate of drug-likeness (QED) is 0.644. The molecule has 2 aromatic carbocycles. The van der Waals surface area contributed by atoms with Crippen molar-refractivity contribution < 1.29 is 8.42 Å². The average Bonchev–Trinajstić information content (AvgIpc) is 2.84. The number of nitrogens with zero attached hydrogens (tertiary/aromatic N) is 3. The lowest BCUT2D eigenvalue weighted by Gasteiger charge is -2.11. The van der Waals surface area contributed by atoms with Crippen LogP contribution in [0.25, 0.3) is 6.08 Å². The van der Waals surface area contributed by atoms with Gasteiger partial charge in [0, 0.05) is 18.8 Å². The van der Waals surface area contributed by atoms with Gasteiger partial charge >= 0.3 is 0 Å². The molecule has 0 fully saturated rings. The minimum Gasteiger partial charge on any atom is -0.250 e. The van der Waals surface area contributed by atoms with E-state index in [4.69, 9.17) is 0 Å². The Morgan fingerprint density at radius 2 is 1.74 bits per heavy atom. The summed E-state index contributed by atoms with van der Waals surface area (Å²) in [5.74, 6) is 0.324. The van der Waals surface area contributed by atoms with Crippen molar-refractivity contribution in [1.82, 2.24) is 5.01 Å². The molecule has 116 valence electrons. The molecule has 0 saturated heterocycles. The van der Waals surface area contributed by atoms with Gasteiger partial charge in [0.15, 0.2) is 5.84 Å². The van der Waals surface area contributed by atoms with Crippen molar-refractivity contribution in [3.8, 4) is 0 Å². The third-order valence-corrected chi connectivity index (χ3v) is 4.66. The number of hydrogen-bond acceptors (Lipinski definition) is 4. The molecule has 3 rings (SSSR count). The lowest BCUT2D eigenvalue weighted by molar-refractivity contribution is 0.549. The van der Waals surface area contributed by atoms with Gasteiger partial charge in [-0.25, -0.2) is 5.01 Å². The molecule has 2 aromatic rings. The predicted octanol–water partition coefficient (Wildman–Crippen LogP) is 2.77. The van der Waals surface area contributed by atoms with E-state index in [0.29, 0.717) is 11.4 Å². The van der Waals surface area contributed by atoms with Crippen LogP contribution in [0.1, 0.15) is 11.1 Å². The fraction of sp³-hybridized carbons (Fsp3) is 0.0588. The summed E-state index contributed by atoms with van der Waals surface area (Å²) in [6, 6.07) is 16.6. The minimum atomic E-state index is -3.62. The fourth-order valence-corrected chi connectivity index (χ4v) is 3.46. The Hall–Kier alpha value is -2.73. The van der Waals surface area contributed by atoms with Crippen LogP contribution >= 0.6 is 0 Å². The largest absolute Gasteiger partial charge is 0.285 e. The van der Waals surface area contributed by atoms with Gasteiger partial charge in [0.25, 0.3) is 10.0 Å². The van der Waals surface area contributed by atoms with Gasteiger partial charge in [0.05, 0.1) is 0 Å². The van der Waals surface area contributed by atoms with Crippen molar-refractivity contribution >= 4 is 28.1 Å². The van der Waals surface area contributed by atoms with Gasteiger partial charge in [0.2, 0.25) is 0 Å². The first-order chi connectivity index (χ1) is 11.1. The summed E-state index contributed by atoms with van der Waals surface area (Å²) in [6.45, 7) is 0. The molecule has 0 saturated carbocycles. The van der Waals surface area contributed by atoms with Crippen LogP contribution in [0.3, 0.4) is 0 Å². The van der Waals surface area contributed by atoms with Crippen molar-refractivity contribution in [2.45, 2.75) is 4.90 Å². The maximum Gasteiger partial charge on any atom is 0.285 e. The zero-order valence-corrected chi connectivity index (χ0v) is 13.3. The maximum atomic E-state index is 12.0. The summed E-state index contributed by atoms with van der Waals surface area (Å²) in [6.07, 6.45) is 5.31. The number of hydrazone groups is 1. The summed E-state index contributed by atoms with van der Waals surface area (Å²) >= 11 is 0. The van der Waals surface area contributed by atoms with Gasteiger partial charge in [-0.2, -0.15) is 13.5 Å². The maximum absolute atomic E-state index is 12.0. The second-order valence-electron chi connectivity index (χ2n) is 4.94. The number of hydrogen-bond donors (Lipinski definition) is 0. The first-order valence-corrected chi connectivity index (χ1v) is 8.46. The van der Waals surface area contributed by atoms with Gasteiger partial charge < -0.3 is 0 Å². The summed E-state index contributed by atoms with van der Waals surface area (Å²) in [4.78, 5) is 0.219. The molecule has 0 aliphatic carbocycles. The zero-order valence-electron chi connectivity index (χ0n) is 12.5. The van der Waals surface area contributed by atoms with Crippen molar-refractivity contribution in [2.75, 3.05) is 7.05 Å². The number of benzene rings is 2. The highest BCUT2D eigenvalue weighted by Crippen LogP contribution is 2.26. The molecule has 0 bridgehead atoms. The number of rotatable bonds is 3. The van der Waals surface area contributed by atoms with Crippen LogP contribution in [-0.2, 0) is 10.0 Å². The molecule has 0 aromatic heterocycles. The Kier molecular flexibility index (Phi) is 4.08. The molecule has 0 atom stereocenters. The Morgan fingerprint density at radius 3 is 2.52 bits per heavy atom. The smallest absolute Gasteiger partial charge is 0.250 e. The number of sulfonamides is 1. The highest BCUT2D eigenvalue weighted by Gasteiger charge is 2.30. The lowest BCUT2D eigenvalue weighted by atomic mass is 10.2. The summed E-state index contributed by atoms with van der Waals surface area (Å²) in [7, 11) is -1.95. The van der Waals surface area contributed by atoms with E-state index in [9.17, 15) is 8.42 Å². The lowest BCUT2D eigenvalue weighted by Crippen LogP contribution is -2.20. The highest BCUT2D eigenvalue weighted by molar-refractivity contribution is 7.90. The first kappa shape index (κ1) is 15.2. The summed E-state index contributed by atoms with van der Waals surface area (Å²) in [5, 5.41) is 5.67. The minimum absolute atomic E-state index is 0.219. The third kappa shape index (κ3) is 3.22. The van der Waals surface area contributed by atoms with Crippen molar-refractivity contribution in [3.05, 3.63) is 71.8 Å². The second kappa shape index (κ2) is 6.18. The van der Waals surface area contributed by atoms with Gasteiger partial charge in [-0.05, 0) is 23.8 Å². The van der Waals surface area contributed by atoms with Crippen LogP contribution in [0.15, 0.2) is 75.1 Å². The van der Waals surface area contributed by atoms with E-state index in [1.807, 2.05) is 36.4 Å². The van der Waals surface area contributed by atoms with Crippen LogP contribution in [0.5, 0.6) is 0 Å². The van der Waals surface area contributed by atoms with Crippen LogP contribution in [0, 0.1) is 0 Å². The fourth-order valence-electron chi connectivity index (χ4n) is 2.23.